The van der Waals surface area contributed by atoms with Crippen LogP contribution in [0.1, 0.15) is 125 Å². The average Bonchev–Trinajstić information content (AvgIpc) is 2.59. The zero-order chi connectivity index (χ0) is 20.5. The van der Waals surface area contributed by atoms with Crippen LogP contribution in [-0.2, 0) is 19.1 Å². The fourth-order valence-corrected chi connectivity index (χ4v) is 2.83. The lowest BCUT2D eigenvalue weighted by atomic mass is 9.96. The smallest absolute Gasteiger partial charge is 0.308 e. The summed E-state index contributed by atoms with van der Waals surface area (Å²) in [6.07, 6.45) is 13.5. The molecule has 0 spiro atoms. The fourth-order valence-electron chi connectivity index (χ4n) is 2.83. The summed E-state index contributed by atoms with van der Waals surface area (Å²) in [6.45, 7) is 10.2. The van der Waals surface area contributed by atoms with E-state index < -0.39 is 11.7 Å². The molecule has 0 heterocycles. The molecule has 0 aromatic heterocycles. The molecule has 4 heteroatoms. The highest BCUT2D eigenvalue weighted by Crippen LogP contribution is 2.25. The predicted molar refractivity (Wildman–Crippen MR) is 111 cm³/mol. The van der Waals surface area contributed by atoms with Crippen molar-refractivity contribution in [3.05, 3.63) is 0 Å². The Balaban J connectivity index is 4.11. The largest absolute Gasteiger partial charge is 0.425 e. The number of ether oxygens (including phenoxy) is 2. The molecule has 160 valence electrons. The Bertz CT molecular complexity index is 384. The molecule has 0 fully saturated rings. The molecule has 0 bridgehead atoms. The topological polar surface area (TPSA) is 52.6 Å². The molecule has 0 aliphatic carbocycles. The van der Waals surface area contributed by atoms with Crippen LogP contribution >= 0.6 is 0 Å². The molecule has 0 aromatic rings. The van der Waals surface area contributed by atoms with E-state index in [0.717, 1.165) is 32.1 Å². The van der Waals surface area contributed by atoms with E-state index in [1.165, 1.54) is 44.9 Å². The number of rotatable bonds is 16. The van der Waals surface area contributed by atoms with Crippen molar-refractivity contribution in [2.75, 3.05) is 0 Å². The van der Waals surface area contributed by atoms with Gasteiger partial charge in [-0.25, -0.2) is 0 Å². The van der Waals surface area contributed by atoms with Crippen LogP contribution in [0, 0.1) is 5.41 Å². The summed E-state index contributed by atoms with van der Waals surface area (Å²) in [5, 5.41) is 0. The van der Waals surface area contributed by atoms with Gasteiger partial charge in [0.05, 0.1) is 0 Å². The van der Waals surface area contributed by atoms with Gasteiger partial charge in [0.15, 0.2) is 0 Å². The molecule has 4 nitrogen and oxygen atoms in total. The SMILES string of the molecule is CCCCCCCCCC(=O)OC(OC(=O)CCCCCCC)C(C)(C)C. The average molecular weight is 385 g/mol. The van der Waals surface area contributed by atoms with Gasteiger partial charge in [-0.2, -0.15) is 0 Å². The van der Waals surface area contributed by atoms with E-state index in [-0.39, 0.29) is 11.9 Å². The van der Waals surface area contributed by atoms with Gasteiger partial charge in [-0.05, 0) is 12.8 Å². The van der Waals surface area contributed by atoms with Crippen molar-refractivity contribution >= 4 is 11.9 Å². The monoisotopic (exact) mass is 384 g/mol. The molecule has 1 unspecified atom stereocenters. The Labute approximate surface area is 167 Å². The van der Waals surface area contributed by atoms with Crippen molar-refractivity contribution in [3.8, 4) is 0 Å². The van der Waals surface area contributed by atoms with Crippen LogP contribution < -0.4 is 0 Å². The summed E-state index contributed by atoms with van der Waals surface area (Å²) in [5.74, 6) is -0.533. The highest BCUT2D eigenvalue weighted by molar-refractivity contribution is 5.71. The Morgan fingerprint density at radius 2 is 0.963 bits per heavy atom. The number of hydrogen-bond donors (Lipinski definition) is 0. The molecule has 1 atom stereocenters. The second-order valence-electron chi connectivity index (χ2n) is 8.71. The fraction of sp³-hybridized carbons (Fsp3) is 0.913. The molecule has 27 heavy (non-hydrogen) atoms. The van der Waals surface area contributed by atoms with Crippen molar-refractivity contribution in [2.45, 2.75) is 131 Å². The van der Waals surface area contributed by atoms with E-state index in [2.05, 4.69) is 13.8 Å². The summed E-state index contributed by atoms with van der Waals surface area (Å²) in [5.41, 5.74) is -0.423. The Morgan fingerprint density at radius 1 is 0.630 bits per heavy atom. The number of hydrogen-bond acceptors (Lipinski definition) is 4. The third-order valence-electron chi connectivity index (χ3n) is 4.65. The first-order valence-electron chi connectivity index (χ1n) is 11.2. The molecule has 0 aliphatic rings. The predicted octanol–water partition coefficient (Wildman–Crippen LogP) is 6.95. The summed E-state index contributed by atoms with van der Waals surface area (Å²) in [7, 11) is 0. The van der Waals surface area contributed by atoms with Crippen LogP contribution in [0.5, 0.6) is 0 Å². The minimum absolute atomic E-state index is 0.265. The summed E-state index contributed by atoms with van der Waals surface area (Å²) in [6, 6.07) is 0. The number of carbonyl (C=O) groups is 2. The maximum atomic E-state index is 12.1. The van der Waals surface area contributed by atoms with Gasteiger partial charge >= 0.3 is 11.9 Å². The molecule has 0 amide bonds. The molecule has 0 aliphatic heterocycles. The van der Waals surface area contributed by atoms with Crippen LogP contribution in [0.2, 0.25) is 0 Å². The Kier molecular flexibility index (Phi) is 15.3. The standard InChI is InChI=1S/C23H44O4/c1-6-8-10-12-13-15-17-19-21(25)27-22(23(3,4)5)26-20(24)18-16-14-11-9-7-2/h22H,6-19H2,1-5H3. The van der Waals surface area contributed by atoms with Gasteiger partial charge in [-0.1, -0.05) is 98.8 Å². The van der Waals surface area contributed by atoms with Crippen LogP contribution in [0.4, 0.5) is 0 Å². The Hall–Kier alpha value is -1.06. The van der Waals surface area contributed by atoms with E-state index in [4.69, 9.17) is 9.47 Å². The van der Waals surface area contributed by atoms with Crippen molar-refractivity contribution in [1.82, 2.24) is 0 Å². The lowest BCUT2D eigenvalue weighted by Gasteiger charge is -2.29. The highest BCUT2D eigenvalue weighted by Gasteiger charge is 2.31. The first-order chi connectivity index (χ1) is 12.8. The minimum Gasteiger partial charge on any atom is -0.425 e. The molecule has 0 saturated carbocycles. The van der Waals surface area contributed by atoms with Gasteiger partial charge in [0.2, 0.25) is 0 Å². The number of esters is 2. The van der Waals surface area contributed by atoms with Crippen LogP contribution in [0.25, 0.3) is 0 Å². The van der Waals surface area contributed by atoms with Gasteiger partial charge in [0.25, 0.3) is 6.29 Å². The van der Waals surface area contributed by atoms with E-state index in [9.17, 15) is 9.59 Å². The van der Waals surface area contributed by atoms with E-state index in [0.29, 0.717) is 12.8 Å². The normalized spacial score (nSPS) is 12.6. The Morgan fingerprint density at radius 3 is 1.30 bits per heavy atom. The highest BCUT2D eigenvalue weighted by atomic mass is 16.7. The summed E-state index contributed by atoms with van der Waals surface area (Å²) < 4.78 is 11.0. The van der Waals surface area contributed by atoms with Crippen molar-refractivity contribution in [2.24, 2.45) is 5.41 Å². The molecule has 0 radical (unpaired) electrons. The van der Waals surface area contributed by atoms with E-state index in [1.54, 1.807) is 0 Å². The van der Waals surface area contributed by atoms with Gasteiger partial charge in [0.1, 0.15) is 0 Å². The second kappa shape index (κ2) is 15.9. The van der Waals surface area contributed by atoms with Crippen LogP contribution in [0.3, 0.4) is 0 Å². The number of carbonyl (C=O) groups excluding carboxylic acids is 2. The summed E-state index contributed by atoms with van der Waals surface area (Å²) in [4.78, 5) is 24.2. The van der Waals surface area contributed by atoms with Gasteiger partial charge in [-0.15, -0.1) is 0 Å². The van der Waals surface area contributed by atoms with Crippen molar-refractivity contribution in [3.63, 3.8) is 0 Å². The zero-order valence-electron chi connectivity index (χ0n) is 18.6. The number of unbranched alkanes of at least 4 members (excludes halogenated alkanes) is 10. The maximum Gasteiger partial charge on any atom is 0.308 e. The second-order valence-corrected chi connectivity index (χ2v) is 8.71. The maximum absolute atomic E-state index is 12.1. The van der Waals surface area contributed by atoms with Crippen LogP contribution in [0.15, 0.2) is 0 Å². The van der Waals surface area contributed by atoms with Crippen LogP contribution in [-0.4, -0.2) is 18.2 Å². The lowest BCUT2D eigenvalue weighted by molar-refractivity contribution is -0.207. The third-order valence-corrected chi connectivity index (χ3v) is 4.65. The van der Waals surface area contributed by atoms with Crippen molar-refractivity contribution in [1.29, 1.82) is 0 Å². The molecule has 0 saturated heterocycles. The molecular formula is C23H44O4. The first kappa shape index (κ1) is 25.9. The van der Waals surface area contributed by atoms with Gasteiger partial charge < -0.3 is 9.47 Å². The summed E-state index contributed by atoms with van der Waals surface area (Å²) >= 11 is 0. The molecule has 0 rings (SSSR count). The van der Waals surface area contributed by atoms with E-state index >= 15 is 0 Å². The molecular weight excluding hydrogens is 340 g/mol. The van der Waals surface area contributed by atoms with Crippen molar-refractivity contribution < 1.29 is 19.1 Å². The van der Waals surface area contributed by atoms with E-state index in [1.807, 2.05) is 20.8 Å². The quantitative estimate of drug-likeness (QED) is 0.164. The first-order valence-corrected chi connectivity index (χ1v) is 11.2. The zero-order valence-corrected chi connectivity index (χ0v) is 18.6. The molecule has 0 aromatic carbocycles. The lowest BCUT2D eigenvalue weighted by Crippen LogP contribution is -2.36. The third kappa shape index (κ3) is 15.7. The van der Waals surface area contributed by atoms with Gasteiger partial charge in [0, 0.05) is 18.3 Å². The minimum atomic E-state index is -0.808. The van der Waals surface area contributed by atoms with Gasteiger partial charge in [-0.3, -0.25) is 9.59 Å². The molecule has 0 N–H and O–H groups in total.